The zero-order chi connectivity index (χ0) is 14.8. The fourth-order valence-corrected chi connectivity index (χ4v) is 1.64. The topological polar surface area (TPSA) is 70.5 Å². The molecule has 1 unspecified atom stereocenters. The lowest BCUT2D eigenvalue weighted by Gasteiger charge is -2.35. The van der Waals surface area contributed by atoms with E-state index in [1.807, 2.05) is 6.92 Å². The van der Waals surface area contributed by atoms with Crippen molar-refractivity contribution in [2.24, 2.45) is 5.41 Å². The van der Waals surface area contributed by atoms with Crippen molar-refractivity contribution in [1.82, 2.24) is 9.88 Å². The molecule has 1 heterocycles. The van der Waals surface area contributed by atoms with Crippen LogP contribution in [0.1, 0.15) is 48.5 Å². The van der Waals surface area contributed by atoms with Gasteiger partial charge in [0.05, 0.1) is 0 Å². The molecule has 0 saturated carbocycles. The minimum Gasteiger partial charge on any atom is -0.477 e. The second-order valence-corrected chi connectivity index (χ2v) is 5.69. The third-order valence-corrected chi connectivity index (χ3v) is 3.38. The van der Waals surface area contributed by atoms with Crippen LogP contribution in [0.5, 0.6) is 0 Å². The van der Waals surface area contributed by atoms with Crippen LogP contribution in [-0.2, 0) is 0 Å². The molecule has 0 saturated heterocycles. The van der Waals surface area contributed by atoms with Crippen LogP contribution in [0.4, 0.5) is 0 Å². The summed E-state index contributed by atoms with van der Waals surface area (Å²) in [5.41, 5.74) is 0.168. The Hall–Kier alpha value is -1.91. The van der Waals surface area contributed by atoms with Gasteiger partial charge in [0.15, 0.2) is 0 Å². The maximum atomic E-state index is 12.3. The SMILES string of the molecule is CC(N(C)C(=O)c1ccnc(C(=O)O)c1)C(C)(C)C. The van der Waals surface area contributed by atoms with Gasteiger partial charge in [-0.3, -0.25) is 4.79 Å². The minimum atomic E-state index is -1.14. The molecule has 0 fully saturated rings. The molecule has 1 amide bonds. The van der Waals surface area contributed by atoms with Gasteiger partial charge in [0.25, 0.3) is 5.91 Å². The van der Waals surface area contributed by atoms with Gasteiger partial charge in [-0.15, -0.1) is 0 Å². The average Bonchev–Trinajstić information content (AvgIpc) is 2.35. The Kier molecular flexibility index (Phi) is 4.29. The van der Waals surface area contributed by atoms with E-state index in [2.05, 4.69) is 25.8 Å². The van der Waals surface area contributed by atoms with Gasteiger partial charge < -0.3 is 10.0 Å². The lowest BCUT2D eigenvalue weighted by atomic mass is 9.87. The van der Waals surface area contributed by atoms with Crippen LogP contribution >= 0.6 is 0 Å². The predicted octanol–water partition coefficient (Wildman–Crippen LogP) is 2.29. The number of aromatic nitrogens is 1. The first-order chi connectivity index (χ1) is 8.64. The van der Waals surface area contributed by atoms with Crippen LogP contribution in [0.25, 0.3) is 0 Å². The molecule has 1 atom stereocenters. The van der Waals surface area contributed by atoms with Crippen LogP contribution in [0.2, 0.25) is 0 Å². The summed E-state index contributed by atoms with van der Waals surface area (Å²) in [6.07, 6.45) is 1.34. The number of amides is 1. The van der Waals surface area contributed by atoms with Crippen LogP contribution in [-0.4, -0.2) is 40.0 Å². The average molecular weight is 264 g/mol. The molecule has 0 spiro atoms. The number of carboxylic acids is 1. The molecule has 1 N–H and O–H groups in total. The van der Waals surface area contributed by atoms with Crippen molar-refractivity contribution in [3.63, 3.8) is 0 Å². The second-order valence-electron chi connectivity index (χ2n) is 5.69. The second kappa shape index (κ2) is 5.38. The summed E-state index contributed by atoms with van der Waals surface area (Å²) in [7, 11) is 1.72. The Labute approximate surface area is 113 Å². The molecule has 0 aliphatic rings. The quantitative estimate of drug-likeness (QED) is 0.909. The van der Waals surface area contributed by atoms with Crippen LogP contribution in [0.3, 0.4) is 0 Å². The van der Waals surface area contributed by atoms with Crippen molar-refractivity contribution < 1.29 is 14.7 Å². The highest BCUT2D eigenvalue weighted by atomic mass is 16.4. The number of carbonyl (C=O) groups is 2. The van der Waals surface area contributed by atoms with Gasteiger partial charge in [0, 0.05) is 24.8 Å². The van der Waals surface area contributed by atoms with Crippen LogP contribution in [0, 0.1) is 5.41 Å². The number of rotatable bonds is 3. The van der Waals surface area contributed by atoms with Crippen molar-refractivity contribution in [1.29, 1.82) is 0 Å². The zero-order valence-electron chi connectivity index (χ0n) is 12.0. The fourth-order valence-electron chi connectivity index (χ4n) is 1.64. The molecule has 5 heteroatoms. The molecule has 0 bridgehead atoms. The Morgan fingerprint density at radius 1 is 1.37 bits per heavy atom. The molecule has 0 aliphatic heterocycles. The zero-order valence-corrected chi connectivity index (χ0v) is 12.0. The van der Waals surface area contributed by atoms with E-state index >= 15 is 0 Å². The molecule has 5 nitrogen and oxygen atoms in total. The number of hydrogen-bond donors (Lipinski definition) is 1. The van der Waals surface area contributed by atoms with E-state index in [-0.39, 0.29) is 23.1 Å². The Balaban J connectivity index is 3.01. The highest BCUT2D eigenvalue weighted by Crippen LogP contribution is 2.24. The molecule has 0 aliphatic carbocycles. The van der Waals surface area contributed by atoms with E-state index in [0.29, 0.717) is 5.56 Å². The van der Waals surface area contributed by atoms with Gasteiger partial charge in [-0.2, -0.15) is 0 Å². The van der Waals surface area contributed by atoms with E-state index in [4.69, 9.17) is 5.11 Å². The summed E-state index contributed by atoms with van der Waals surface area (Å²) in [5, 5.41) is 8.88. The van der Waals surface area contributed by atoms with Crippen molar-refractivity contribution >= 4 is 11.9 Å². The summed E-state index contributed by atoms with van der Waals surface area (Å²) in [5.74, 6) is -1.34. The number of carboxylic acid groups (broad SMARTS) is 1. The first kappa shape index (κ1) is 15.1. The first-order valence-electron chi connectivity index (χ1n) is 6.11. The van der Waals surface area contributed by atoms with E-state index in [1.54, 1.807) is 11.9 Å². The van der Waals surface area contributed by atoms with Gasteiger partial charge >= 0.3 is 5.97 Å². The maximum absolute atomic E-state index is 12.3. The van der Waals surface area contributed by atoms with Crippen molar-refractivity contribution in [3.8, 4) is 0 Å². The Morgan fingerprint density at radius 3 is 2.42 bits per heavy atom. The van der Waals surface area contributed by atoms with Crippen molar-refractivity contribution in [3.05, 3.63) is 29.6 Å². The molecule has 0 aromatic carbocycles. The molecule has 1 aromatic heterocycles. The molecule has 104 valence electrons. The summed E-state index contributed by atoms with van der Waals surface area (Å²) in [4.78, 5) is 28.5. The van der Waals surface area contributed by atoms with Crippen LogP contribution in [0.15, 0.2) is 18.3 Å². The number of hydrogen-bond acceptors (Lipinski definition) is 3. The first-order valence-corrected chi connectivity index (χ1v) is 6.11. The molecule has 1 rings (SSSR count). The minimum absolute atomic E-state index is 0.0291. The van der Waals surface area contributed by atoms with Gasteiger partial charge in [-0.05, 0) is 24.5 Å². The predicted molar refractivity (Wildman–Crippen MR) is 72.2 cm³/mol. The molecular weight excluding hydrogens is 244 g/mol. The van der Waals surface area contributed by atoms with E-state index < -0.39 is 5.97 Å². The monoisotopic (exact) mass is 264 g/mol. The van der Waals surface area contributed by atoms with Crippen molar-refractivity contribution in [2.75, 3.05) is 7.05 Å². The number of pyridine rings is 1. The largest absolute Gasteiger partial charge is 0.477 e. The standard InChI is InChI=1S/C14H20N2O3/c1-9(14(2,3)4)16(5)12(17)10-6-7-15-11(8-10)13(18)19/h6-9H,1-5H3,(H,18,19). The Morgan fingerprint density at radius 2 is 1.95 bits per heavy atom. The summed E-state index contributed by atoms with van der Waals surface area (Å²) in [6.45, 7) is 8.13. The molecule has 1 aromatic rings. The molecule has 19 heavy (non-hydrogen) atoms. The lowest BCUT2D eigenvalue weighted by Crippen LogP contribution is -2.43. The smallest absolute Gasteiger partial charge is 0.354 e. The molecule has 0 radical (unpaired) electrons. The number of aromatic carboxylic acids is 1. The normalized spacial score (nSPS) is 12.9. The summed E-state index contributed by atoms with van der Waals surface area (Å²) >= 11 is 0. The summed E-state index contributed by atoms with van der Waals surface area (Å²) in [6, 6.07) is 2.86. The third-order valence-electron chi connectivity index (χ3n) is 3.38. The third kappa shape index (κ3) is 3.53. The molecular formula is C14H20N2O3. The van der Waals surface area contributed by atoms with Gasteiger partial charge in [-0.25, -0.2) is 9.78 Å². The van der Waals surface area contributed by atoms with E-state index in [0.717, 1.165) is 0 Å². The van der Waals surface area contributed by atoms with Gasteiger partial charge in [0.2, 0.25) is 0 Å². The number of carbonyl (C=O) groups excluding carboxylic acids is 1. The highest BCUT2D eigenvalue weighted by molar-refractivity contribution is 5.96. The fraction of sp³-hybridized carbons (Fsp3) is 0.500. The summed E-state index contributed by atoms with van der Waals surface area (Å²) < 4.78 is 0. The van der Waals surface area contributed by atoms with Crippen LogP contribution < -0.4 is 0 Å². The van der Waals surface area contributed by atoms with Gasteiger partial charge in [0.1, 0.15) is 5.69 Å². The highest BCUT2D eigenvalue weighted by Gasteiger charge is 2.27. The number of nitrogens with zero attached hydrogens (tertiary/aromatic N) is 2. The lowest BCUT2D eigenvalue weighted by molar-refractivity contribution is 0.0629. The van der Waals surface area contributed by atoms with E-state index in [1.165, 1.54) is 18.3 Å². The van der Waals surface area contributed by atoms with E-state index in [9.17, 15) is 9.59 Å². The Bertz CT molecular complexity index is 492. The van der Waals surface area contributed by atoms with Crippen molar-refractivity contribution in [2.45, 2.75) is 33.7 Å². The van der Waals surface area contributed by atoms with Gasteiger partial charge in [-0.1, -0.05) is 20.8 Å². The maximum Gasteiger partial charge on any atom is 0.354 e.